The van der Waals surface area contributed by atoms with E-state index in [4.69, 9.17) is 0 Å². The summed E-state index contributed by atoms with van der Waals surface area (Å²) in [6, 6.07) is 6.36. The van der Waals surface area contributed by atoms with Crippen molar-refractivity contribution in [2.24, 2.45) is 11.8 Å². The van der Waals surface area contributed by atoms with Gasteiger partial charge in [-0.25, -0.2) is 0 Å². The number of aromatic nitrogens is 2. The predicted octanol–water partition coefficient (Wildman–Crippen LogP) is 3.97. The zero-order chi connectivity index (χ0) is 13.2. The predicted molar refractivity (Wildman–Crippen MR) is 80.2 cm³/mol. The van der Waals surface area contributed by atoms with Crippen LogP contribution in [0, 0.1) is 11.8 Å². The zero-order valence-electron chi connectivity index (χ0n) is 11.6. The number of nitrogens with one attached hydrogen (secondary N) is 2. The van der Waals surface area contributed by atoms with Gasteiger partial charge in [0.1, 0.15) is 0 Å². The second-order valence-corrected chi connectivity index (χ2v) is 5.85. The highest BCUT2D eigenvalue weighted by Crippen LogP contribution is 2.28. The maximum absolute atomic E-state index is 4.05. The lowest BCUT2D eigenvalue weighted by Gasteiger charge is -2.26. The van der Waals surface area contributed by atoms with Gasteiger partial charge >= 0.3 is 0 Å². The molecule has 2 atom stereocenters. The molecule has 3 rings (SSSR count). The molecule has 0 aliphatic heterocycles. The van der Waals surface area contributed by atoms with Gasteiger partial charge in [0.2, 0.25) is 0 Å². The maximum atomic E-state index is 4.05. The minimum atomic E-state index is 0.719. The van der Waals surface area contributed by atoms with Crippen molar-refractivity contribution >= 4 is 16.6 Å². The summed E-state index contributed by atoms with van der Waals surface area (Å²) in [5.74, 6) is 1.47. The molecule has 100 valence electrons. The summed E-state index contributed by atoms with van der Waals surface area (Å²) in [5.41, 5.74) is 3.82. The molecule has 0 saturated heterocycles. The maximum Gasteiger partial charge on any atom is 0.0651 e. The first-order valence-corrected chi connectivity index (χ1v) is 7.05. The number of aromatic amines is 1. The molecule has 2 aromatic rings. The van der Waals surface area contributed by atoms with E-state index in [1.807, 2.05) is 6.20 Å². The van der Waals surface area contributed by atoms with Crippen LogP contribution in [0.25, 0.3) is 10.9 Å². The molecule has 1 aromatic heterocycles. The van der Waals surface area contributed by atoms with Gasteiger partial charge in [0.25, 0.3) is 0 Å². The van der Waals surface area contributed by atoms with Crippen molar-refractivity contribution < 1.29 is 0 Å². The van der Waals surface area contributed by atoms with Crippen LogP contribution in [0.4, 0.5) is 5.69 Å². The van der Waals surface area contributed by atoms with Gasteiger partial charge in [0, 0.05) is 17.6 Å². The second-order valence-electron chi connectivity index (χ2n) is 5.85. The molecule has 0 spiro atoms. The number of anilines is 1. The fraction of sp³-hybridized carbons (Fsp3) is 0.438. The average molecular weight is 255 g/mol. The lowest BCUT2D eigenvalue weighted by atomic mass is 9.84. The van der Waals surface area contributed by atoms with Crippen LogP contribution in [-0.4, -0.2) is 16.7 Å². The number of hydrogen-bond donors (Lipinski definition) is 2. The lowest BCUT2D eigenvalue weighted by Crippen LogP contribution is -2.20. The van der Waals surface area contributed by atoms with E-state index in [1.165, 1.54) is 24.1 Å². The van der Waals surface area contributed by atoms with Crippen molar-refractivity contribution in [2.75, 3.05) is 11.9 Å². The number of nitrogens with zero attached hydrogens (tertiary/aromatic N) is 1. The first-order chi connectivity index (χ1) is 9.20. The summed E-state index contributed by atoms with van der Waals surface area (Å²) in [6.07, 6.45) is 6.80. The van der Waals surface area contributed by atoms with Crippen molar-refractivity contribution in [3.8, 4) is 0 Å². The molecule has 19 heavy (non-hydrogen) atoms. The van der Waals surface area contributed by atoms with Gasteiger partial charge in [-0.05, 0) is 49.8 Å². The number of allylic oxidation sites excluding steroid dienone is 2. The number of H-pyrrole nitrogens is 1. The minimum absolute atomic E-state index is 0.719. The van der Waals surface area contributed by atoms with Crippen molar-refractivity contribution in [2.45, 2.75) is 26.7 Å². The molecule has 0 saturated carbocycles. The van der Waals surface area contributed by atoms with Gasteiger partial charge in [-0.2, -0.15) is 5.10 Å². The summed E-state index contributed by atoms with van der Waals surface area (Å²) in [7, 11) is 0. The SMILES string of the molecule is CC1=CC(C)CC(CNc2ccc3[nH]ncc3c2)C1. The molecule has 1 aromatic carbocycles. The highest BCUT2D eigenvalue weighted by atomic mass is 15.1. The van der Waals surface area contributed by atoms with E-state index in [2.05, 4.69) is 53.6 Å². The normalized spacial score (nSPS) is 23.4. The Labute approximate surface area is 114 Å². The van der Waals surface area contributed by atoms with Crippen molar-refractivity contribution in [3.63, 3.8) is 0 Å². The Kier molecular flexibility index (Phi) is 3.28. The van der Waals surface area contributed by atoms with Gasteiger partial charge in [0.15, 0.2) is 0 Å². The molecule has 1 heterocycles. The summed E-state index contributed by atoms with van der Waals surface area (Å²) in [4.78, 5) is 0. The van der Waals surface area contributed by atoms with E-state index in [0.29, 0.717) is 0 Å². The fourth-order valence-corrected chi connectivity index (χ4v) is 3.16. The van der Waals surface area contributed by atoms with Crippen LogP contribution in [0.5, 0.6) is 0 Å². The van der Waals surface area contributed by atoms with E-state index in [0.717, 1.165) is 29.3 Å². The van der Waals surface area contributed by atoms with Crippen LogP contribution in [0.3, 0.4) is 0 Å². The van der Waals surface area contributed by atoms with Gasteiger partial charge in [-0.3, -0.25) is 5.10 Å². The van der Waals surface area contributed by atoms with Crippen LogP contribution < -0.4 is 5.32 Å². The smallest absolute Gasteiger partial charge is 0.0651 e. The van der Waals surface area contributed by atoms with Crippen LogP contribution in [-0.2, 0) is 0 Å². The van der Waals surface area contributed by atoms with Crippen molar-refractivity contribution in [1.82, 2.24) is 10.2 Å². The molecule has 3 nitrogen and oxygen atoms in total. The van der Waals surface area contributed by atoms with Gasteiger partial charge in [-0.15, -0.1) is 0 Å². The van der Waals surface area contributed by atoms with Crippen LogP contribution >= 0.6 is 0 Å². The molecule has 0 radical (unpaired) electrons. The van der Waals surface area contributed by atoms with Crippen LogP contribution in [0.1, 0.15) is 26.7 Å². The molecule has 2 N–H and O–H groups in total. The number of rotatable bonds is 3. The molecule has 2 unspecified atom stereocenters. The molecular weight excluding hydrogens is 234 g/mol. The average Bonchev–Trinajstić information content (AvgIpc) is 2.82. The zero-order valence-corrected chi connectivity index (χ0v) is 11.6. The molecule has 1 aliphatic carbocycles. The summed E-state index contributed by atoms with van der Waals surface area (Å²) in [6.45, 7) is 5.62. The molecule has 0 fully saturated rings. The van der Waals surface area contributed by atoms with Crippen LogP contribution in [0.15, 0.2) is 36.0 Å². The first kappa shape index (κ1) is 12.3. The summed E-state index contributed by atoms with van der Waals surface area (Å²) in [5, 5.41) is 11.8. The number of fused-ring (bicyclic) bond motifs is 1. The molecule has 0 amide bonds. The third kappa shape index (κ3) is 2.80. The standard InChI is InChI=1S/C16H21N3/c1-11-5-12(2)7-13(6-11)9-17-15-3-4-16-14(8-15)10-18-19-16/h3-5,8,10-11,13,17H,6-7,9H2,1-2H3,(H,18,19). The largest absolute Gasteiger partial charge is 0.385 e. The van der Waals surface area contributed by atoms with Gasteiger partial charge < -0.3 is 5.32 Å². The highest BCUT2D eigenvalue weighted by molar-refractivity contribution is 5.81. The van der Waals surface area contributed by atoms with E-state index in [9.17, 15) is 0 Å². The Bertz CT molecular complexity index is 597. The fourth-order valence-electron chi connectivity index (χ4n) is 3.16. The van der Waals surface area contributed by atoms with E-state index in [1.54, 1.807) is 0 Å². The van der Waals surface area contributed by atoms with E-state index in [-0.39, 0.29) is 0 Å². The Balaban J connectivity index is 1.64. The van der Waals surface area contributed by atoms with Crippen molar-refractivity contribution in [1.29, 1.82) is 0 Å². The molecule has 3 heteroatoms. The lowest BCUT2D eigenvalue weighted by molar-refractivity contribution is 0.421. The van der Waals surface area contributed by atoms with Gasteiger partial charge in [0.05, 0.1) is 11.7 Å². The quantitative estimate of drug-likeness (QED) is 0.815. The van der Waals surface area contributed by atoms with Gasteiger partial charge in [-0.1, -0.05) is 18.6 Å². The Morgan fingerprint density at radius 3 is 3.16 bits per heavy atom. The van der Waals surface area contributed by atoms with E-state index < -0.39 is 0 Å². The van der Waals surface area contributed by atoms with E-state index >= 15 is 0 Å². The highest BCUT2D eigenvalue weighted by Gasteiger charge is 2.17. The molecule has 0 bridgehead atoms. The molecular formula is C16H21N3. The summed E-state index contributed by atoms with van der Waals surface area (Å²) < 4.78 is 0. The monoisotopic (exact) mass is 255 g/mol. The van der Waals surface area contributed by atoms with Crippen molar-refractivity contribution in [3.05, 3.63) is 36.0 Å². The Morgan fingerprint density at radius 1 is 1.42 bits per heavy atom. The number of hydrogen-bond acceptors (Lipinski definition) is 2. The first-order valence-electron chi connectivity index (χ1n) is 7.05. The Hall–Kier alpha value is -1.77. The number of benzene rings is 1. The second kappa shape index (κ2) is 5.08. The third-order valence-electron chi connectivity index (χ3n) is 3.92. The minimum Gasteiger partial charge on any atom is -0.385 e. The van der Waals surface area contributed by atoms with Crippen LogP contribution in [0.2, 0.25) is 0 Å². The Morgan fingerprint density at radius 2 is 2.32 bits per heavy atom. The summed E-state index contributed by atoms with van der Waals surface area (Å²) >= 11 is 0. The topological polar surface area (TPSA) is 40.7 Å². The third-order valence-corrected chi connectivity index (χ3v) is 3.92. The molecule has 1 aliphatic rings.